The lowest BCUT2D eigenvalue weighted by atomic mass is 10.2. The van der Waals surface area contributed by atoms with Gasteiger partial charge in [0, 0.05) is 16.3 Å². The van der Waals surface area contributed by atoms with Gasteiger partial charge in [-0.1, -0.05) is 40.9 Å². The Morgan fingerprint density at radius 2 is 1.96 bits per heavy atom. The first kappa shape index (κ1) is 18.5. The molecular formula is C16H22BrN3OS2. The van der Waals surface area contributed by atoms with Gasteiger partial charge < -0.3 is 5.32 Å². The highest BCUT2D eigenvalue weighted by molar-refractivity contribution is 9.10. The Balaban J connectivity index is 1.65. The second kappa shape index (κ2) is 9.49. The van der Waals surface area contributed by atoms with Crippen LogP contribution < -0.4 is 16.2 Å². The van der Waals surface area contributed by atoms with E-state index in [1.807, 2.05) is 19.1 Å². The summed E-state index contributed by atoms with van der Waals surface area (Å²) in [5.41, 5.74) is 6.68. The molecule has 0 heterocycles. The highest BCUT2D eigenvalue weighted by Gasteiger charge is 2.17. The van der Waals surface area contributed by atoms with E-state index in [4.69, 9.17) is 12.2 Å². The molecule has 0 radical (unpaired) electrons. The number of nitrogens with one attached hydrogen (secondary N) is 3. The molecule has 1 aliphatic rings. The van der Waals surface area contributed by atoms with E-state index in [0.717, 1.165) is 23.1 Å². The fourth-order valence-corrected chi connectivity index (χ4v) is 3.72. The minimum absolute atomic E-state index is 0.0670. The van der Waals surface area contributed by atoms with Gasteiger partial charge in [0.2, 0.25) is 0 Å². The molecule has 1 aliphatic carbocycles. The smallest absolute Gasteiger partial charge is 0.251 e. The minimum Gasteiger partial charge on any atom is -0.359 e. The maximum absolute atomic E-state index is 12.1. The molecule has 126 valence electrons. The molecule has 0 unspecified atom stereocenters. The second-order valence-electron chi connectivity index (χ2n) is 5.65. The van der Waals surface area contributed by atoms with E-state index in [1.54, 1.807) is 11.8 Å². The SMILES string of the molecule is C[C@@H](SCc1ccc(Br)cc1)C(=O)NNC(=S)NC1CCCC1. The zero-order valence-corrected chi connectivity index (χ0v) is 16.3. The van der Waals surface area contributed by atoms with Gasteiger partial charge in [-0.25, -0.2) is 0 Å². The molecule has 1 atom stereocenters. The van der Waals surface area contributed by atoms with Gasteiger partial charge >= 0.3 is 0 Å². The van der Waals surface area contributed by atoms with E-state index in [0.29, 0.717) is 11.2 Å². The molecule has 4 nitrogen and oxygen atoms in total. The molecule has 23 heavy (non-hydrogen) atoms. The highest BCUT2D eigenvalue weighted by atomic mass is 79.9. The zero-order chi connectivity index (χ0) is 16.7. The van der Waals surface area contributed by atoms with Crippen LogP contribution in [0, 0.1) is 0 Å². The minimum atomic E-state index is -0.152. The van der Waals surface area contributed by atoms with Crippen molar-refractivity contribution >= 4 is 50.9 Å². The summed E-state index contributed by atoms with van der Waals surface area (Å²) in [6.07, 6.45) is 4.79. The average molecular weight is 416 g/mol. The number of hydrogen-bond acceptors (Lipinski definition) is 3. The molecule has 1 fully saturated rings. The predicted octanol–water partition coefficient (Wildman–Crippen LogP) is 3.51. The van der Waals surface area contributed by atoms with Crippen LogP contribution in [0.5, 0.6) is 0 Å². The fourth-order valence-electron chi connectivity index (χ4n) is 2.39. The Morgan fingerprint density at radius 1 is 1.30 bits per heavy atom. The molecular weight excluding hydrogens is 394 g/mol. The number of carbonyl (C=O) groups excluding carboxylic acids is 1. The summed E-state index contributed by atoms with van der Waals surface area (Å²) in [6.45, 7) is 1.90. The van der Waals surface area contributed by atoms with Gasteiger partial charge in [-0.3, -0.25) is 15.6 Å². The van der Waals surface area contributed by atoms with E-state index in [9.17, 15) is 4.79 Å². The van der Waals surface area contributed by atoms with Crippen molar-refractivity contribution in [1.29, 1.82) is 0 Å². The first-order valence-electron chi connectivity index (χ1n) is 7.77. The first-order valence-corrected chi connectivity index (χ1v) is 10.0. The summed E-state index contributed by atoms with van der Waals surface area (Å²) in [7, 11) is 0. The van der Waals surface area contributed by atoms with Crippen LogP contribution in [0.25, 0.3) is 0 Å². The van der Waals surface area contributed by atoms with Gasteiger partial charge in [0.1, 0.15) is 0 Å². The van der Waals surface area contributed by atoms with E-state index < -0.39 is 0 Å². The number of carbonyl (C=O) groups is 1. The van der Waals surface area contributed by atoms with Gasteiger partial charge in [0.15, 0.2) is 5.11 Å². The van der Waals surface area contributed by atoms with Crippen molar-refractivity contribution in [2.75, 3.05) is 0 Å². The van der Waals surface area contributed by atoms with E-state index in [2.05, 4.69) is 44.2 Å². The van der Waals surface area contributed by atoms with Gasteiger partial charge in [0.05, 0.1) is 5.25 Å². The number of benzene rings is 1. The van der Waals surface area contributed by atoms with Crippen LogP contribution in [-0.2, 0) is 10.5 Å². The van der Waals surface area contributed by atoms with Crippen LogP contribution in [0.1, 0.15) is 38.2 Å². The van der Waals surface area contributed by atoms with E-state index in [-0.39, 0.29) is 11.2 Å². The van der Waals surface area contributed by atoms with Crippen molar-refractivity contribution in [3.8, 4) is 0 Å². The van der Waals surface area contributed by atoms with E-state index >= 15 is 0 Å². The Bertz CT molecular complexity index is 533. The molecule has 1 amide bonds. The molecule has 3 N–H and O–H groups in total. The van der Waals surface area contributed by atoms with E-state index in [1.165, 1.54) is 18.4 Å². The fraction of sp³-hybridized carbons (Fsp3) is 0.500. The molecule has 1 aromatic carbocycles. The average Bonchev–Trinajstić information content (AvgIpc) is 3.04. The van der Waals surface area contributed by atoms with Crippen molar-refractivity contribution in [2.24, 2.45) is 0 Å². The molecule has 0 bridgehead atoms. The monoisotopic (exact) mass is 415 g/mol. The molecule has 2 rings (SSSR count). The van der Waals surface area contributed by atoms with Crippen molar-refractivity contribution in [3.63, 3.8) is 0 Å². The number of thiocarbonyl (C=S) groups is 1. The molecule has 1 saturated carbocycles. The van der Waals surface area contributed by atoms with Crippen LogP contribution in [-0.4, -0.2) is 22.3 Å². The molecule has 0 aromatic heterocycles. The Morgan fingerprint density at radius 3 is 2.61 bits per heavy atom. The number of rotatable bonds is 5. The Labute approximate surface area is 155 Å². The van der Waals surface area contributed by atoms with Crippen molar-refractivity contribution in [3.05, 3.63) is 34.3 Å². The topological polar surface area (TPSA) is 53.2 Å². The standard InChI is InChI=1S/C16H22BrN3OS2/c1-11(23-10-12-6-8-13(17)9-7-12)15(21)19-20-16(22)18-14-4-2-3-5-14/h6-9,11,14H,2-5,10H2,1H3,(H,19,21)(H2,18,20,22)/t11-/m1/s1. The summed E-state index contributed by atoms with van der Waals surface area (Å²) < 4.78 is 1.06. The normalized spacial score (nSPS) is 15.9. The van der Waals surface area contributed by atoms with Crippen LogP contribution in [0.2, 0.25) is 0 Å². The lowest BCUT2D eigenvalue weighted by Crippen LogP contribution is -2.50. The van der Waals surface area contributed by atoms with Crippen LogP contribution in [0.3, 0.4) is 0 Å². The third kappa shape index (κ3) is 6.69. The second-order valence-corrected chi connectivity index (χ2v) is 8.30. The van der Waals surface area contributed by atoms with Gasteiger partial charge in [0.25, 0.3) is 5.91 Å². The lowest BCUT2D eigenvalue weighted by molar-refractivity contribution is -0.120. The predicted molar refractivity (Wildman–Crippen MR) is 104 cm³/mol. The summed E-state index contributed by atoms with van der Waals surface area (Å²) in [5, 5.41) is 3.57. The van der Waals surface area contributed by atoms with Crippen molar-refractivity contribution in [2.45, 2.75) is 49.7 Å². The molecule has 0 aliphatic heterocycles. The summed E-state index contributed by atoms with van der Waals surface area (Å²) >= 11 is 10.2. The van der Waals surface area contributed by atoms with Gasteiger partial charge in [-0.2, -0.15) is 0 Å². The highest BCUT2D eigenvalue weighted by Crippen LogP contribution is 2.19. The maximum atomic E-state index is 12.1. The number of thioether (sulfide) groups is 1. The van der Waals surface area contributed by atoms with Crippen LogP contribution in [0.4, 0.5) is 0 Å². The largest absolute Gasteiger partial charge is 0.359 e. The Kier molecular flexibility index (Phi) is 7.65. The number of amides is 1. The lowest BCUT2D eigenvalue weighted by Gasteiger charge is -2.17. The number of halogens is 1. The molecule has 0 spiro atoms. The van der Waals surface area contributed by atoms with Gasteiger partial charge in [-0.05, 0) is 49.7 Å². The van der Waals surface area contributed by atoms with Gasteiger partial charge in [-0.15, -0.1) is 11.8 Å². The Hall–Kier alpha value is -0.790. The molecule has 7 heteroatoms. The van der Waals surface area contributed by atoms with Crippen LogP contribution in [0.15, 0.2) is 28.7 Å². The molecule has 0 saturated heterocycles. The summed E-state index contributed by atoms with van der Waals surface area (Å²) in [5.74, 6) is 0.731. The van der Waals surface area contributed by atoms with Crippen LogP contribution >= 0.6 is 39.9 Å². The number of hydrazine groups is 1. The van der Waals surface area contributed by atoms with Crippen molar-refractivity contribution < 1.29 is 4.79 Å². The summed E-state index contributed by atoms with van der Waals surface area (Å²) in [4.78, 5) is 12.1. The first-order chi connectivity index (χ1) is 11.0. The molecule has 1 aromatic rings. The zero-order valence-electron chi connectivity index (χ0n) is 13.1. The van der Waals surface area contributed by atoms with Crippen molar-refractivity contribution in [1.82, 2.24) is 16.2 Å². The number of hydrogen-bond donors (Lipinski definition) is 3. The third-order valence-electron chi connectivity index (χ3n) is 3.77. The summed E-state index contributed by atoms with van der Waals surface area (Å²) in [6, 6.07) is 8.57. The maximum Gasteiger partial charge on any atom is 0.251 e. The third-order valence-corrected chi connectivity index (χ3v) is 5.73. The quantitative estimate of drug-likeness (QED) is 0.507.